The number of hydrogen-bond acceptors (Lipinski definition) is 3. The highest BCUT2D eigenvalue weighted by atomic mass is 16.1. The molecule has 1 heterocycles. The van der Waals surface area contributed by atoms with Crippen molar-refractivity contribution in [3.63, 3.8) is 0 Å². The van der Waals surface area contributed by atoms with Crippen LogP contribution in [-0.4, -0.2) is 50.1 Å². The minimum atomic E-state index is 0.202. The molecule has 0 unspecified atom stereocenters. The van der Waals surface area contributed by atoms with Gasteiger partial charge in [0, 0.05) is 44.8 Å². The Morgan fingerprint density at radius 1 is 1.21 bits per heavy atom. The van der Waals surface area contributed by atoms with Crippen LogP contribution in [0.2, 0.25) is 0 Å². The quantitative estimate of drug-likeness (QED) is 0.744. The van der Waals surface area contributed by atoms with Crippen LogP contribution in [0.15, 0.2) is 24.3 Å². The molecule has 0 aromatic heterocycles. The zero-order valence-electron chi connectivity index (χ0n) is 15.6. The first-order valence-corrected chi connectivity index (χ1v) is 9.35. The van der Waals surface area contributed by atoms with Gasteiger partial charge >= 0.3 is 0 Å². The lowest BCUT2D eigenvalue weighted by Gasteiger charge is -2.36. The fraction of sp³-hybridized carbons (Fsp3) is 0.650. The van der Waals surface area contributed by atoms with E-state index in [0.717, 1.165) is 52.1 Å². The highest BCUT2D eigenvalue weighted by molar-refractivity contribution is 5.75. The molecule has 1 amide bonds. The summed E-state index contributed by atoms with van der Waals surface area (Å²) in [5.74, 6) is 0.799. The molecule has 4 nitrogen and oxygen atoms in total. The molecule has 0 radical (unpaired) electrons. The Hall–Kier alpha value is -1.55. The topological polar surface area (TPSA) is 35.6 Å². The molecule has 1 aromatic carbocycles. The fourth-order valence-corrected chi connectivity index (χ4v) is 3.09. The second-order valence-electron chi connectivity index (χ2n) is 7.30. The maximum Gasteiger partial charge on any atom is 0.220 e. The van der Waals surface area contributed by atoms with Gasteiger partial charge in [-0.3, -0.25) is 9.69 Å². The van der Waals surface area contributed by atoms with Crippen molar-refractivity contribution in [1.29, 1.82) is 0 Å². The molecule has 0 bridgehead atoms. The van der Waals surface area contributed by atoms with Gasteiger partial charge in [0.05, 0.1) is 0 Å². The highest BCUT2D eigenvalue weighted by Crippen LogP contribution is 2.17. The first kappa shape index (κ1) is 18.8. The van der Waals surface area contributed by atoms with E-state index in [-0.39, 0.29) is 5.91 Å². The Balaban J connectivity index is 1.59. The molecule has 0 saturated carbocycles. The number of anilines is 1. The highest BCUT2D eigenvalue weighted by Gasteiger charge is 2.16. The van der Waals surface area contributed by atoms with Gasteiger partial charge in [0.25, 0.3) is 0 Å². The van der Waals surface area contributed by atoms with Gasteiger partial charge in [-0.2, -0.15) is 0 Å². The maximum absolute atomic E-state index is 11.7. The van der Waals surface area contributed by atoms with Crippen molar-refractivity contribution in [1.82, 2.24) is 10.2 Å². The summed E-state index contributed by atoms with van der Waals surface area (Å²) in [6.45, 7) is 12.7. The molecule has 134 valence electrons. The predicted molar refractivity (Wildman–Crippen MR) is 102 cm³/mol. The number of benzene rings is 1. The summed E-state index contributed by atoms with van der Waals surface area (Å²) in [7, 11) is 0. The molecule has 2 rings (SSSR count). The number of amides is 1. The number of hydrogen-bond donors (Lipinski definition) is 1. The molecule has 24 heavy (non-hydrogen) atoms. The molecular weight excluding hydrogens is 298 g/mol. The first-order valence-electron chi connectivity index (χ1n) is 9.35. The molecule has 0 aliphatic carbocycles. The molecule has 1 aliphatic rings. The Kier molecular flexibility index (Phi) is 7.57. The fourth-order valence-electron chi connectivity index (χ4n) is 3.09. The Morgan fingerprint density at radius 3 is 2.62 bits per heavy atom. The lowest BCUT2D eigenvalue weighted by molar-refractivity contribution is -0.121. The number of carbonyl (C=O) groups excluding carboxylic acids is 1. The molecule has 1 aromatic rings. The second kappa shape index (κ2) is 9.67. The number of nitrogens with zero attached hydrogens (tertiary/aromatic N) is 2. The zero-order valence-corrected chi connectivity index (χ0v) is 15.6. The van der Waals surface area contributed by atoms with Crippen molar-refractivity contribution in [2.75, 3.05) is 44.2 Å². The van der Waals surface area contributed by atoms with Crippen molar-refractivity contribution in [3.8, 4) is 0 Å². The summed E-state index contributed by atoms with van der Waals surface area (Å²) in [6, 6.07) is 8.76. The van der Waals surface area contributed by atoms with Gasteiger partial charge in [0.2, 0.25) is 5.91 Å². The van der Waals surface area contributed by atoms with Crippen molar-refractivity contribution in [2.45, 2.75) is 40.0 Å². The smallest absolute Gasteiger partial charge is 0.220 e. The van der Waals surface area contributed by atoms with Gasteiger partial charge in [-0.05, 0) is 49.9 Å². The molecule has 1 fully saturated rings. The maximum atomic E-state index is 11.7. The van der Waals surface area contributed by atoms with Crippen molar-refractivity contribution in [3.05, 3.63) is 29.8 Å². The molecular formula is C20H33N3O. The molecule has 0 spiro atoms. The Labute approximate surface area is 147 Å². The number of carbonyl (C=O) groups is 1. The summed E-state index contributed by atoms with van der Waals surface area (Å²) in [6.07, 6.45) is 2.68. The minimum absolute atomic E-state index is 0.202. The third-order valence-corrected chi connectivity index (χ3v) is 4.66. The van der Waals surface area contributed by atoms with Gasteiger partial charge in [-0.25, -0.2) is 0 Å². The van der Waals surface area contributed by atoms with E-state index in [4.69, 9.17) is 0 Å². The first-order chi connectivity index (χ1) is 11.5. The van der Waals surface area contributed by atoms with Crippen LogP contribution in [0.1, 0.15) is 38.7 Å². The van der Waals surface area contributed by atoms with E-state index in [1.807, 2.05) is 0 Å². The largest absolute Gasteiger partial charge is 0.369 e. The SMILES string of the molecule is Cc1cccc(N2CCN(CCCNC(=O)CCC(C)C)CC2)c1. The number of nitrogens with one attached hydrogen (secondary N) is 1. The third kappa shape index (κ3) is 6.52. The van der Waals surface area contributed by atoms with E-state index < -0.39 is 0 Å². The number of piperazine rings is 1. The lowest BCUT2D eigenvalue weighted by Crippen LogP contribution is -2.47. The van der Waals surface area contributed by atoms with E-state index in [9.17, 15) is 4.79 Å². The summed E-state index contributed by atoms with van der Waals surface area (Å²) in [5, 5.41) is 3.04. The normalized spacial score (nSPS) is 15.8. The van der Waals surface area contributed by atoms with Crippen LogP contribution in [0.25, 0.3) is 0 Å². The van der Waals surface area contributed by atoms with E-state index in [2.05, 4.69) is 60.2 Å². The summed E-state index contributed by atoms with van der Waals surface area (Å²) < 4.78 is 0. The van der Waals surface area contributed by atoms with Gasteiger partial charge in [-0.15, -0.1) is 0 Å². The number of rotatable bonds is 8. The summed E-state index contributed by atoms with van der Waals surface area (Å²) >= 11 is 0. The molecule has 4 heteroatoms. The standard InChI is InChI=1S/C20H33N3O/c1-17(2)8-9-20(24)21-10-5-11-22-12-14-23(15-13-22)19-7-4-6-18(3)16-19/h4,6-7,16-17H,5,8-15H2,1-3H3,(H,21,24). The van der Waals surface area contributed by atoms with E-state index >= 15 is 0 Å². The van der Waals surface area contributed by atoms with Crippen LogP contribution in [0.3, 0.4) is 0 Å². The van der Waals surface area contributed by atoms with Crippen molar-refractivity contribution >= 4 is 11.6 Å². The van der Waals surface area contributed by atoms with Crippen LogP contribution in [-0.2, 0) is 4.79 Å². The molecule has 0 atom stereocenters. The van der Waals surface area contributed by atoms with Gasteiger partial charge < -0.3 is 10.2 Å². The molecule has 1 saturated heterocycles. The predicted octanol–water partition coefficient (Wildman–Crippen LogP) is 3.06. The average molecular weight is 332 g/mol. The van der Waals surface area contributed by atoms with E-state index in [1.54, 1.807) is 0 Å². The summed E-state index contributed by atoms with van der Waals surface area (Å²) in [4.78, 5) is 16.7. The van der Waals surface area contributed by atoms with E-state index in [1.165, 1.54) is 11.3 Å². The van der Waals surface area contributed by atoms with Crippen LogP contribution in [0.5, 0.6) is 0 Å². The van der Waals surface area contributed by atoms with Gasteiger partial charge in [0.15, 0.2) is 0 Å². The average Bonchev–Trinajstić information content (AvgIpc) is 2.57. The number of aryl methyl sites for hydroxylation is 1. The van der Waals surface area contributed by atoms with Crippen molar-refractivity contribution in [2.24, 2.45) is 5.92 Å². The Bertz CT molecular complexity index is 507. The third-order valence-electron chi connectivity index (χ3n) is 4.66. The molecule has 1 N–H and O–H groups in total. The summed E-state index contributed by atoms with van der Waals surface area (Å²) in [5.41, 5.74) is 2.66. The molecule has 1 aliphatic heterocycles. The van der Waals surface area contributed by atoms with Crippen LogP contribution in [0.4, 0.5) is 5.69 Å². The monoisotopic (exact) mass is 331 g/mol. The van der Waals surface area contributed by atoms with Crippen molar-refractivity contribution < 1.29 is 4.79 Å². The van der Waals surface area contributed by atoms with E-state index in [0.29, 0.717) is 12.3 Å². The van der Waals surface area contributed by atoms with Crippen LogP contribution < -0.4 is 10.2 Å². The van der Waals surface area contributed by atoms with Gasteiger partial charge in [0.1, 0.15) is 0 Å². The minimum Gasteiger partial charge on any atom is -0.369 e. The van der Waals surface area contributed by atoms with Crippen LogP contribution >= 0.6 is 0 Å². The second-order valence-corrected chi connectivity index (χ2v) is 7.30. The van der Waals surface area contributed by atoms with Gasteiger partial charge in [-0.1, -0.05) is 26.0 Å². The Morgan fingerprint density at radius 2 is 1.96 bits per heavy atom. The lowest BCUT2D eigenvalue weighted by atomic mass is 10.1. The van der Waals surface area contributed by atoms with Crippen LogP contribution in [0, 0.1) is 12.8 Å². The zero-order chi connectivity index (χ0) is 17.4.